The van der Waals surface area contributed by atoms with E-state index >= 15 is 0 Å². The Hall–Kier alpha value is -2.80. The standard InChI is InChI=1S/C21H21N3O3S/c1-13-11-22-24(12-14-2-3-14)20(13)23-21(25)19-7-6-18(28-19)15-4-5-16-17(10-15)27-9-8-26-16/h4-7,10-11,14H,2-3,8-9,12H2,1H3,(H,23,25). The maximum absolute atomic E-state index is 12.8. The van der Waals surface area contributed by atoms with Crippen LogP contribution in [0.2, 0.25) is 0 Å². The quantitative estimate of drug-likeness (QED) is 0.697. The van der Waals surface area contributed by atoms with Crippen LogP contribution in [0.3, 0.4) is 0 Å². The van der Waals surface area contributed by atoms with Crippen LogP contribution < -0.4 is 14.8 Å². The van der Waals surface area contributed by atoms with E-state index in [9.17, 15) is 4.79 Å². The molecule has 1 aromatic carbocycles. The molecule has 28 heavy (non-hydrogen) atoms. The Morgan fingerprint density at radius 2 is 2.04 bits per heavy atom. The van der Waals surface area contributed by atoms with Crippen LogP contribution in [-0.2, 0) is 6.54 Å². The maximum atomic E-state index is 12.8. The lowest BCUT2D eigenvalue weighted by Gasteiger charge is -2.18. The number of ether oxygens (including phenoxy) is 2. The number of fused-ring (bicyclic) bond motifs is 1. The molecule has 0 radical (unpaired) electrons. The first kappa shape index (κ1) is 17.3. The minimum atomic E-state index is -0.102. The summed E-state index contributed by atoms with van der Waals surface area (Å²) in [6.07, 6.45) is 4.30. The summed E-state index contributed by atoms with van der Waals surface area (Å²) in [4.78, 5) is 14.5. The molecule has 3 heterocycles. The molecule has 1 fully saturated rings. The molecule has 144 valence electrons. The smallest absolute Gasteiger partial charge is 0.266 e. The van der Waals surface area contributed by atoms with Crippen LogP contribution in [0.5, 0.6) is 11.5 Å². The molecule has 0 bridgehead atoms. The van der Waals surface area contributed by atoms with Gasteiger partial charge in [-0.25, -0.2) is 4.68 Å². The monoisotopic (exact) mass is 395 g/mol. The van der Waals surface area contributed by atoms with Gasteiger partial charge in [0.1, 0.15) is 19.0 Å². The Morgan fingerprint density at radius 1 is 1.21 bits per heavy atom. The first-order chi connectivity index (χ1) is 13.7. The average molecular weight is 395 g/mol. The van der Waals surface area contributed by atoms with Crippen molar-refractivity contribution in [1.82, 2.24) is 9.78 Å². The van der Waals surface area contributed by atoms with E-state index in [4.69, 9.17) is 9.47 Å². The van der Waals surface area contributed by atoms with E-state index in [1.807, 2.05) is 48.1 Å². The zero-order valence-corrected chi connectivity index (χ0v) is 16.4. The molecule has 5 rings (SSSR count). The van der Waals surface area contributed by atoms with Gasteiger partial charge >= 0.3 is 0 Å². The highest BCUT2D eigenvalue weighted by Crippen LogP contribution is 2.37. The first-order valence-electron chi connectivity index (χ1n) is 9.51. The highest BCUT2D eigenvalue weighted by atomic mass is 32.1. The Labute approximate surface area is 167 Å². The lowest BCUT2D eigenvalue weighted by molar-refractivity contribution is 0.102. The van der Waals surface area contributed by atoms with Crippen LogP contribution in [0.1, 0.15) is 28.1 Å². The van der Waals surface area contributed by atoms with Crippen LogP contribution in [-0.4, -0.2) is 28.9 Å². The molecule has 1 aliphatic carbocycles. The number of nitrogens with one attached hydrogen (secondary N) is 1. The van der Waals surface area contributed by atoms with Crippen molar-refractivity contribution in [3.8, 4) is 21.9 Å². The summed E-state index contributed by atoms with van der Waals surface area (Å²) in [5.74, 6) is 2.91. The van der Waals surface area contributed by atoms with Crippen molar-refractivity contribution in [1.29, 1.82) is 0 Å². The summed E-state index contributed by atoms with van der Waals surface area (Å²) in [5.41, 5.74) is 2.00. The molecule has 1 aliphatic heterocycles. The van der Waals surface area contributed by atoms with E-state index in [0.717, 1.165) is 39.9 Å². The van der Waals surface area contributed by atoms with E-state index in [1.54, 1.807) is 0 Å². The minimum absolute atomic E-state index is 0.102. The van der Waals surface area contributed by atoms with Gasteiger partial charge in [-0.3, -0.25) is 4.79 Å². The molecule has 0 unspecified atom stereocenters. The molecule has 0 atom stereocenters. The topological polar surface area (TPSA) is 65.4 Å². The number of aromatic nitrogens is 2. The summed E-state index contributed by atoms with van der Waals surface area (Å²) in [5, 5.41) is 7.47. The van der Waals surface area contributed by atoms with Gasteiger partial charge in [-0.2, -0.15) is 5.10 Å². The van der Waals surface area contributed by atoms with E-state index in [1.165, 1.54) is 24.2 Å². The Morgan fingerprint density at radius 3 is 2.86 bits per heavy atom. The number of rotatable bonds is 5. The SMILES string of the molecule is Cc1cnn(CC2CC2)c1NC(=O)c1ccc(-c2ccc3c(c2)OCCO3)s1. The minimum Gasteiger partial charge on any atom is -0.486 e. The van der Waals surface area contributed by atoms with Crippen LogP contribution in [0, 0.1) is 12.8 Å². The van der Waals surface area contributed by atoms with Crippen LogP contribution in [0.25, 0.3) is 10.4 Å². The van der Waals surface area contributed by atoms with Crippen molar-refractivity contribution in [2.75, 3.05) is 18.5 Å². The molecule has 6 nitrogen and oxygen atoms in total. The van der Waals surface area contributed by atoms with Gasteiger partial charge in [-0.05, 0) is 61.6 Å². The summed E-state index contributed by atoms with van der Waals surface area (Å²) < 4.78 is 13.2. The van der Waals surface area contributed by atoms with Crippen molar-refractivity contribution in [3.63, 3.8) is 0 Å². The summed E-state index contributed by atoms with van der Waals surface area (Å²) >= 11 is 1.47. The lowest BCUT2D eigenvalue weighted by atomic mass is 10.1. The molecule has 1 saturated carbocycles. The number of hydrogen-bond donors (Lipinski definition) is 1. The average Bonchev–Trinajstić information content (AvgIpc) is 3.28. The van der Waals surface area contributed by atoms with Gasteiger partial charge in [0.2, 0.25) is 0 Å². The summed E-state index contributed by atoms with van der Waals surface area (Å²) in [6.45, 7) is 3.98. The van der Waals surface area contributed by atoms with Gasteiger partial charge in [0.25, 0.3) is 5.91 Å². The fraction of sp³-hybridized carbons (Fsp3) is 0.333. The largest absolute Gasteiger partial charge is 0.486 e. The number of aryl methyl sites for hydroxylation is 1. The fourth-order valence-corrected chi connectivity index (χ4v) is 4.20. The molecule has 0 spiro atoms. The van der Waals surface area contributed by atoms with Crippen molar-refractivity contribution < 1.29 is 14.3 Å². The molecular weight excluding hydrogens is 374 g/mol. The molecule has 1 amide bonds. The Balaban J connectivity index is 1.35. The molecule has 2 aliphatic rings. The first-order valence-corrected chi connectivity index (χ1v) is 10.3. The van der Waals surface area contributed by atoms with Crippen molar-refractivity contribution in [3.05, 3.63) is 47.0 Å². The number of thiophene rings is 1. The summed E-state index contributed by atoms with van der Waals surface area (Å²) in [6, 6.07) is 9.72. The van der Waals surface area contributed by atoms with Crippen LogP contribution in [0.4, 0.5) is 5.82 Å². The third-order valence-electron chi connectivity index (χ3n) is 5.04. The number of benzene rings is 1. The zero-order chi connectivity index (χ0) is 19.1. The predicted octanol–water partition coefficient (Wildman–Crippen LogP) is 4.35. The van der Waals surface area contributed by atoms with Crippen molar-refractivity contribution >= 4 is 23.1 Å². The fourth-order valence-electron chi connectivity index (χ4n) is 3.31. The van der Waals surface area contributed by atoms with E-state index in [0.29, 0.717) is 24.0 Å². The lowest BCUT2D eigenvalue weighted by Crippen LogP contribution is -2.16. The molecule has 2 aromatic heterocycles. The van der Waals surface area contributed by atoms with Gasteiger partial charge in [0.05, 0.1) is 11.1 Å². The van der Waals surface area contributed by atoms with Crippen molar-refractivity contribution in [2.45, 2.75) is 26.3 Å². The third-order valence-corrected chi connectivity index (χ3v) is 6.17. The van der Waals surface area contributed by atoms with E-state index in [2.05, 4.69) is 10.4 Å². The molecular formula is C21H21N3O3S. The second-order valence-electron chi connectivity index (χ2n) is 7.28. The number of amides is 1. The molecule has 7 heteroatoms. The van der Waals surface area contributed by atoms with Gasteiger partial charge in [-0.15, -0.1) is 11.3 Å². The second-order valence-corrected chi connectivity index (χ2v) is 8.36. The van der Waals surface area contributed by atoms with E-state index < -0.39 is 0 Å². The number of hydrogen-bond acceptors (Lipinski definition) is 5. The maximum Gasteiger partial charge on any atom is 0.266 e. The Kier molecular flexibility index (Phi) is 4.31. The third kappa shape index (κ3) is 3.38. The zero-order valence-electron chi connectivity index (χ0n) is 15.6. The van der Waals surface area contributed by atoms with Gasteiger partial charge in [0.15, 0.2) is 11.5 Å². The number of anilines is 1. The van der Waals surface area contributed by atoms with Crippen LogP contribution in [0.15, 0.2) is 36.5 Å². The number of carbonyl (C=O) groups excluding carboxylic acids is 1. The predicted molar refractivity (Wildman–Crippen MR) is 108 cm³/mol. The normalized spacial score (nSPS) is 15.5. The van der Waals surface area contributed by atoms with Crippen LogP contribution >= 0.6 is 11.3 Å². The van der Waals surface area contributed by atoms with Gasteiger partial charge in [-0.1, -0.05) is 0 Å². The number of nitrogens with zero attached hydrogens (tertiary/aromatic N) is 2. The van der Waals surface area contributed by atoms with Gasteiger partial charge in [0, 0.05) is 17.0 Å². The number of carbonyl (C=O) groups is 1. The van der Waals surface area contributed by atoms with Crippen molar-refractivity contribution in [2.24, 2.45) is 5.92 Å². The second kappa shape index (κ2) is 6.98. The van der Waals surface area contributed by atoms with E-state index in [-0.39, 0.29) is 5.91 Å². The highest BCUT2D eigenvalue weighted by Gasteiger charge is 2.24. The molecule has 0 saturated heterocycles. The van der Waals surface area contributed by atoms with Gasteiger partial charge < -0.3 is 14.8 Å². The Bertz CT molecular complexity index is 1040. The summed E-state index contributed by atoms with van der Waals surface area (Å²) in [7, 11) is 0. The highest BCUT2D eigenvalue weighted by molar-refractivity contribution is 7.17. The molecule has 3 aromatic rings. The molecule has 1 N–H and O–H groups in total.